The van der Waals surface area contributed by atoms with Gasteiger partial charge in [-0.25, -0.2) is 4.79 Å². The number of nitrogens with one attached hydrogen (secondary N) is 1. The van der Waals surface area contributed by atoms with E-state index >= 15 is 0 Å². The molecule has 0 saturated carbocycles. The van der Waals surface area contributed by atoms with Crippen LogP contribution in [0.1, 0.15) is 82.7 Å². The molecule has 0 radical (unpaired) electrons. The lowest BCUT2D eigenvalue weighted by atomic mass is 9.72. The Balaban J connectivity index is 1.57. The molecule has 6 atom stereocenters. The molecule has 0 aromatic heterocycles. The topological polar surface area (TPSA) is 218 Å². The van der Waals surface area contributed by atoms with E-state index < -0.39 is 102 Å². The molecule has 6 N–H and O–H groups in total. The second-order valence-electron chi connectivity index (χ2n) is 11.8. The van der Waals surface area contributed by atoms with E-state index in [4.69, 9.17) is 18.9 Å². The molecule has 2 aromatic rings. The number of phenols is 2. The molecule has 2 aromatic carbocycles. The molecule has 1 heterocycles. The van der Waals surface area contributed by atoms with Gasteiger partial charge in [0.05, 0.1) is 48.7 Å². The Bertz CT molecular complexity index is 1670. The van der Waals surface area contributed by atoms with Gasteiger partial charge >= 0.3 is 5.97 Å². The van der Waals surface area contributed by atoms with E-state index in [-0.39, 0.29) is 41.0 Å². The average Bonchev–Trinajstić information content (AvgIpc) is 3.02. The van der Waals surface area contributed by atoms with Gasteiger partial charge in [-0.05, 0) is 26.8 Å². The van der Waals surface area contributed by atoms with Crippen LogP contribution in [0.25, 0.3) is 0 Å². The SMILES string of the molecule is CCOC(=O)C=C(C)NC1CC(OC2CC(O)(C(=O)CO)Cc3c(O)c4c(c(O)c32)C(=O)c2c(OC)cccc2C4=O)OC(C)C1O. The van der Waals surface area contributed by atoms with Crippen LogP contribution in [-0.2, 0) is 30.2 Å². The van der Waals surface area contributed by atoms with Gasteiger partial charge in [0.1, 0.15) is 35.6 Å². The Morgan fingerprint density at radius 2 is 1.83 bits per heavy atom. The van der Waals surface area contributed by atoms with Gasteiger partial charge < -0.3 is 49.8 Å². The van der Waals surface area contributed by atoms with Gasteiger partial charge in [-0.15, -0.1) is 0 Å². The highest BCUT2D eigenvalue weighted by Crippen LogP contribution is 2.52. The van der Waals surface area contributed by atoms with Crippen molar-refractivity contribution in [3.05, 3.63) is 63.4 Å². The first-order valence-electron chi connectivity index (χ1n) is 15.1. The summed E-state index contributed by atoms with van der Waals surface area (Å²) in [6, 6.07) is 3.62. The summed E-state index contributed by atoms with van der Waals surface area (Å²) >= 11 is 0. The largest absolute Gasteiger partial charge is 0.507 e. The van der Waals surface area contributed by atoms with Crippen LogP contribution < -0.4 is 10.1 Å². The van der Waals surface area contributed by atoms with E-state index in [9.17, 15) is 44.7 Å². The van der Waals surface area contributed by atoms with Crippen molar-refractivity contribution in [2.75, 3.05) is 20.3 Å². The van der Waals surface area contributed by atoms with Gasteiger partial charge in [0.25, 0.3) is 0 Å². The minimum absolute atomic E-state index is 0.0304. The maximum atomic E-state index is 13.8. The predicted octanol–water partition coefficient (Wildman–Crippen LogP) is 1.10. The number of hydrogen-bond acceptors (Lipinski definition) is 14. The minimum atomic E-state index is -2.30. The Morgan fingerprint density at radius 3 is 2.49 bits per heavy atom. The molecule has 0 spiro atoms. The third-order valence-electron chi connectivity index (χ3n) is 8.79. The van der Waals surface area contributed by atoms with Crippen molar-refractivity contribution in [3.63, 3.8) is 0 Å². The molecule has 6 unspecified atom stereocenters. The van der Waals surface area contributed by atoms with Crippen molar-refractivity contribution in [3.8, 4) is 17.2 Å². The molecule has 5 rings (SSSR count). The summed E-state index contributed by atoms with van der Waals surface area (Å²) in [5.41, 5.74) is -3.48. The Labute approximate surface area is 269 Å². The van der Waals surface area contributed by atoms with Crippen molar-refractivity contribution in [1.82, 2.24) is 5.32 Å². The number of Topliss-reactive ketones (excluding diaryl/α,β-unsaturated/α-hetero) is 1. The molecule has 252 valence electrons. The van der Waals surface area contributed by atoms with Crippen molar-refractivity contribution < 1.29 is 63.7 Å². The van der Waals surface area contributed by atoms with Crippen molar-refractivity contribution >= 4 is 23.3 Å². The van der Waals surface area contributed by atoms with E-state index in [0.717, 1.165) is 0 Å². The number of hydrogen-bond donors (Lipinski definition) is 6. The van der Waals surface area contributed by atoms with Crippen LogP contribution in [0, 0.1) is 0 Å². The van der Waals surface area contributed by atoms with Gasteiger partial charge in [0.15, 0.2) is 17.9 Å². The van der Waals surface area contributed by atoms with Crippen molar-refractivity contribution in [2.45, 2.75) is 76.3 Å². The average molecular weight is 656 g/mol. The third kappa shape index (κ3) is 5.98. The molecule has 14 heteroatoms. The lowest BCUT2D eigenvalue weighted by Crippen LogP contribution is -2.54. The molecule has 2 aliphatic carbocycles. The fraction of sp³-hybridized carbons (Fsp3) is 0.455. The van der Waals surface area contributed by atoms with Gasteiger partial charge in [0.2, 0.25) is 5.78 Å². The van der Waals surface area contributed by atoms with E-state index in [1.165, 1.54) is 31.4 Å². The van der Waals surface area contributed by atoms with Crippen LogP contribution in [0.3, 0.4) is 0 Å². The summed E-state index contributed by atoms with van der Waals surface area (Å²) in [4.78, 5) is 52.2. The molecule has 0 amide bonds. The van der Waals surface area contributed by atoms with Crippen LogP contribution in [-0.4, -0.2) is 99.3 Å². The first-order chi connectivity index (χ1) is 22.3. The molecular formula is C33H37NO13. The number of aliphatic hydroxyl groups is 3. The molecule has 0 bridgehead atoms. The second-order valence-corrected chi connectivity index (χ2v) is 11.8. The summed E-state index contributed by atoms with van der Waals surface area (Å²) in [5.74, 6) is -4.53. The van der Waals surface area contributed by atoms with Crippen molar-refractivity contribution in [2.24, 2.45) is 0 Å². The monoisotopic (exact) mass is 655 g/mol. The number of rotatable bonds is 9. The second kappa shape index (κ2) is 13.0. The number of benzene rings is 2. The number of fused-ring (bicyclic) bond motifs is 3. The maximum Gasteiger partial charge on any atom is 0.332 e. The molecular weight excluding hydrogens is 618 g/mol. The Morgan fingerprint density at radius 1 is 1.13 bits per heavy atom. The lowest BCUT2D eigenvalue weighted by molar-refractivity contribution is -0.249. The third-order valence-corrected chi connectivity index (χ3v) is 8.79. The quantitative estimate of drug-likeness (QED) is 0.108. The lowest BCUT2D eigenvalue weighted by Gasteiger charge is -2.43. The highest BCUT2D eigenvalue weighted by Gasteiger charge is 2.50. The summed E-state index contributed by atoms with van der Waals surface area (Å²) in [5, 5.41) is 58.2. The number of aromatic hydroxyl groups is 2. The first-order valence-corrected chi connectivity index (χ1v) is 15.1. The van der Waals surface area contributed by atoms with Gasteiger partial charge in [-0.1, -0.05) is 12.1 Å². The van der Waals surface area contributed by atoms with E-state index in [0.29, 0.717) is 5.70 Å². The Kier molecular flexibility index (Phi) is 9.44. The van der Waals surface area contributed by atoms with Crippen LogP contribution in [0.15, 0.2) is 30.0 Å². The molecule has 47 heavy (non-hydrogen) atoms. The van der Waals surface area contributed by atoms with E-state index in [1.54, 1.807) is 20.8 Å². The first kappa shape index (κ1) is 34.0. The summed E-state index contributed by atoms with van der Waals surface area (Å²) in [6.45, 7) is 3.97. The van der Waals surface area contributed by atoms with Gasteiger partial charge in [-0.3, -0.25) is 14.4 Å². The number of methoxy groups -OCH3 is 1. The van der Waals surface area contributed by atoms with E-state index in [2.05, 4.69) is 5.32 Å². The molecule has 14 nitrogen and oxygen atoms in total. The van der Waals surface area contributed by atoms with Crippen LogP contribution in [0.2, 0.25) is 0 Å². The highest BCUT2D eigenvalue weighted by atomic mass is 16.7. The van der Waals surface area contributed by atoms with Crippen LogP contribution >= 0.6 is 0 Å². The zero-order valence-corrected chi connectivity index (χ0v) is 26.2. The number of aliphatic hydroxyl groups excluding tert-OH is 2. The number of ether oxygens (including phenoxy) is 4. The number of carbonyl (C=O) groups excluding carboxylic acids is 4. The number of esters is 1. The maximum absolute atomic E-state index is 13.8. The molecule has 1 fully saturated rings. The van der Waals surface area contributed by atoms with Gasteiger partial charge in [-0.2, -0.15) is 0 Å². The van der Waals surface area contributed by atoms with Crippen LogP contribution in [0.4, 0.5) is 0 Å². The normalized spacial score (nSPS) is 27.0. The summed E-state index contributed by atoms with van der Waals surface area (Å²) in [7, 11) is 1.31. The fourth-order valence-electron chi connectivity index (χ4n) is 6.55. The summed E-state index contributed by atoms with van der Waals surface area (Å²) in [6.07, 6.45) is -4.39. The zero-order valence-electron chi connectivity index (χ0n) is 26.2. The number of ketones is 3. The molecule has 1 aliphatic heterocycles. The standard InChI is InChI=1S/C33H37NO13/c1-5-45-22(37)9-14(2)34-18-10-23(46-15(3)28(18)38)47-20-12-33(43,21(36)13-35)11-17-25(20)32(42)27-26(30(17)40)29(39)16-7-6-8-19(44-4)24(16)31(27)41/h6-9,15,18,20,23,28,34-35,38,40,42-43H,5,10-13H2,1-4H3. The number of allylic oxidation sites excluding steroid dienone is 1. The molecule has 3 aliphatic rings. The minimum Gasteiger partial charge on any atom is -0.507 e. The van der Waals surface area contributed by atoms with Gasteiger partial charge in [0, 0.05) is 47.7 Å². The van der Waals surface area contributed by atoms with E-state index in [1.807, 2.05) is 0 Å². The Hall–Kier alpha value is -4.34. The zero-order chi connectivity index (χ0) is 34.4. The summed E-state index contributed by atoms with van der Waals surface area (Å²) < 4.78 is 22.3. The smallest absolute Gasteiger partial charge is 0.332 e. The predicted molar refractivity (Wildman–Crippen MR) is 161 cm³/mol. The fourth-order valence-corrected chi connectivity index (χ4v) is 6.55. The van der Waals surface area contributed by atoms with Crippen molar-refractivity contribution in [1.29, 1.82) is 0 Å². The molecule has 1 saturated heterocycles. The number of carbonyl (C=O) groups is 4. The van der Waals surface area contributed by atoms with Crippen LogP contribution in [0.5, 0.6) is 17.2 Å². The highest BCUT2D eigenvalue weighted by molar-refractivity contribution is 6.31. The number of phenolic OH excluding ortho intramolecular Hbond substituents is 2.